The molecule has 8 heteroatoms. The maximum atomic E-state index is 10.4. The maximum Gasteiger partial charge on any atom is 0.226 e. The van der Waals surface area contributed by atoms with Gasteiger partial charge in [0.05, 0.1) is 12.1 Å². The maximum absolute atomic E-state index is 10.4. The molecule has 0 spiro atoms. The summed E-state index contributed by atoms with van der Waals surface area (Å²) in [6.45, 7) is 15.7. The molecule has 2 aromatic heterocycles. The molecule has 0 amide bonds. The third-order valence-electron chi connectivity index (χ3n) is 4.74. The second kappa shape index (κ2) is 9.92. The second-order valence-corrected chi connectivity index (χ2v) is 10.2. The molecule has 0 fully saturated rings. The number of aryl methyl sites for hydroxylation is 1. The Morgan fingerprint density at radius 2 is 1.80 bits per heavy atom. The normalized spacial score (nSPS) is 12.8. The molecule has 0 saturated heterocycles. The van der Waals surface area contributed by atoms with E-state index < -0.39 is 5.60 Å². The van der Waals surface area contributed by atoms with Crippen molar-refractivity contribution in [3.63, 3.8) is 0 Å². The van der Waals surface area contributed by atoms with Crippen LogP contribution in [-0.2, 0) is 13.0 Å². The number of aromatic nitrogens is 4. The van der Waals surface area contributed by atoms with Crippen LogP contribution in [0.4, 0.5) is 11.8 Å². The fraction of sp³-hybridized carbons (Fsp3) is 0.773. The van der Waals surface area contributed by atoms with Crippen LogP contribution in [0.15, 0.2) is 0 Å². The van der Waals surface area contributed by atoms with Crippen molar-refractivity contribution < 1.29 is 5.11 Å². The minimum absolute atomic E-state index is 0.291. The van der Waals surface area contributed by atoms with Gasteiger partial charge in [0.15, 0.2) is 17.0 Å². The van der Waals surface area contributed by atoms with Crippen molar-refractivity contribution in [3.05, 3.63) is 5.82 Å². The van der Waals surface area contributed by atoms with E-state index in [9.17, 15) is 5.11 Å². The first kappa shape index (κ1) is 24.3. The zero-order chi connectivity index (χ0) is 22.5. The van der Waals surface area contributed by atoms with Gasteiger partial charge in [0, 0.05) is 19.5 Å². The zero-order valence-electron chi connectivity index (χ0n) is 19.9. The lowest BCUT2D eigenvalue weighted by Crippen LogP contribution is -2.30. The summed E-state index contributed by atoms with van der Waals surface area (Å²) in [5, 5.41) is 13.7. The van der Waals surface area contributed by atoms with E-state index in [4.69, 9.17) is 15.7 Å². The molecular formula is C22H41N7O. The molecule has 0 aliphatic rings. The predicted molar refractivity (Wildman–Crippen MR) is 125 cm³/mol. The van der Waals surface area contributed by atoms with Gasteiger partial charge in [-0.05, 0) is 45.7 Å². The van der Waals surface area contributed by atoms with Crippen LogP contribution in [0.1, 0.15) is 66.6 Å². The molecule has 0 radical (unpaired) electrons. The number of anilines is 2. The molecule has 8 nitrogen and oxygen atoms in total. The summed E-state index contributed by atoms with van der Waals surface area (Å²) in [6.07, 6.45) is 3.91. The summed E-state index contributed by atoms with van der Waals surface area (Å²) in [5.74, 6) is 1.79. The Labute approximate surface area is 181 Å². The monoisotopic (exact) mass is 419 g/mol. The first-order valence-electron chi connectivity index (χ1n) is 11.1. The molecule has 30 heavy (non-hydrogen) atoms. The van der Waals surface area contributed by atoms with E-state index in [1.54, 1.807) is 13.8 Å². The van der Waals surface area contributed by atoms with Crippen LogP contribution < -0.4 is 11.1 Å². The number of rotatable bonds is 11. The zero-order valence-corrected chi connectivity index (χ0v) is 19.9. The van der Waals surface area contributed by atoms with E-state index in [-0.39, 0.29) is 0 Å². The van der Waals surface area contributed by atoms with Crippen molar-refractivity contribution in [3.8, 4) is 0 Å². The lowest BCUT2D eigenvalue weighted by Gasteiger charge is -2.26. The summed E-state index contributed by atoms with van der Waals surface area (Å²) in [7, 11) is 2.15. The molecule has 2 heterocycles. The van der Waals surface area contributed by atoms with Crippen LogP contribution in [0, 0.1) is 5.41 Å². The fourth-order valence-corrected chi connectivity index (χ4v) is 3.66. The highest BCUT2D eigenvalue weighted by Crippen LogP contribution is 2.24. The van der Waals surface area contributed by atoms with Crippen LogP contribution in [0.5, 0.6) is 0 Å². The van der Waals surface area contributed by atoms with Crippen molar-refractivity contribution in [2.24, 2.45) is 5.41 Å². The molecule has 2 aromatic rings. The van der Waals surface area contributed by atoms with Crippen LogP contribution in [0.2, 0.25) is 0 Å². The molecule has 0 aromatic carbocycles. The molecule has 0 aliphatic heterocycles. The van der Waals surface area contributed by atoms with E-state index in [2.05, 4.69) is 49.9 Å². The van der Waals surface area contributed by atoms with Gasteiger partial charge in [-0.1, -0.05) is 34.1 Å². The summed E-state index contributed by atoms with van der Waals surface area (Å²) in [6, 6.07) is 0. The standard InChI is InChI=1S/C22H41N7O/c1-8-9-11-16-25-17-18(23)26-20(27-19(17)29(16)15-22(5,6)30)24-12-10-13-28(7)14-21(2,3)4/h30H,8-15H2,1-7H3,(H3,23,24,26,27). The average molecular weight is 420 g/mol. The third kappa shape index (κ3) is 7.40. The summed E-state index contributed by atoms with van der Waals surface area (Å²) >= 11 is 0. The highest BCUT2D eigenvalue weighted by atomic mass is 16.3. The molecule has 0 unspecified atom stereocenters. The number of aliphatic hydroxyl groups is 1. The highest BCUT2D eigenvalue weighted by molar-refractivity contribution is 5.83. The van der Waals surface area contributed by atoms with E-state index in [1.807, 2.05) is 4.57 Å². The summed E-state index contributed by atoms with van der Waals surface area (Å²) in [5.41, 5.74) is 6.93. The molecule has 0 bridgehead atoms. The quantitative estimate of drug-likeness (QED) is 0.480. The van der Waals surface area contributed by atoms with Crippen molar-refractivity contribution in [1.29, 1.82) is 0 Å². The van der Waals surface area contributed by atoms with Gasteiger partial charge in [-0.25, -0.2) is 4.98 Å². The van der Waals surface area contributed by atoms with Gasteiger partial charge >= 0.3 is 0 Å². The van der Waals surface area contributed by atoms with Gasteiger partial charge in [-0.15, -0.1) is 0 Å². The Morgan fingerprint density at radius 1 is 1.10 bits per heavy atom. The third-order valence-corrected chi connectivity index (χ3v) is 4.74. The Kier molecular flexibility index (Phi) is 8.05. The molecule has 170 valence electrons. The smallest absolute Gasteiger partial charge is 0.226 e. The van der Waals surface area contributed by atoms with Gasteiger partial charge in [0.2, 0.25) is 5.95 Å². The lowest BCUT2D eigenvalue weighted by atomic mass is 9.96. The minimum Gasteiger partial charge on any atom is -0.389 e. The van der Waals surface area contributed by atoms with Gasteiger partial charge in [-0.2, -0.15) is 9.97 Å². The first-order valence-corrected chi connectivity index (χ1v) is 11.1. The Morgan fingerprint density at radius 3 is 2.40 bits per heavy atom. The van der Waals surface area contributed by atoms with Crippen LogP contribution in [0.3, 0.4) is 0 Å². The number of imidazole rings is 1. The number of hydrogen-bond acceptors (Lipinski definition) is 7. The number of nitrogens with zero attached hydrogens (tertiary/aromatic N) is 5. The molecule has 0 saturated carbocycles. The van der Waals surface area contributed by atoms with E-state index in [0.717, 1.165) is 51.1 Å². The van der Waals surface area contributed by atoms with E-state index in [1.165, 1.54) is 0 Å². The molecular weight excluding hydrogens is 378 g/mol. The van der Waals surface area contributed by atoms with Gasteiger partial charge < -0.3 is 25.6 Å². The van der Waals surface area contributed by atoms with Crippen LogP contribution in [-0.4, -0.2) is 61.8 Å². The first-order chi connectivity index (χ1) is 13.9. The van der Waals surface area contributed by atoms with Crippen molar-refractivity contribution >= 4 is 22.9 Å². The number of hydrogen-bond donors (Lipinski definition) is 3. The Bertz CT molecular complexity index is 817. The summed E-state index contributed by atoms with van der Waals surface area (Å²) < 4.78 is 1.99. The van der Waals surface area contributed by atoms with Crippen molar-refractivity contribution in [1.82, 2.24) is 24.4 Å². The second-order valence-electron chi connectivity index (χ2n) is 10.2. The van der Waals surface area contributed by atoms with Crippen LogP contribution >= 0.6 is 0 Å². The van der Waals surface area contributed by atoms with Crippen molar-refractivity contribution in [2.45, 2.75) is 79.4 Å². The number of fused-ring (bicyclic) bond motifs is 1. The molecule has 2 rings (SSSR count). The Hall–Kier alpha value is -1.93. The minimum atomic E-state index is -0.875. The molecule has 4 N–H and O–H groups in total. The molecule has 0 aliphatic carbocycles. The number of unbranched alkanes of at least 4 members (excludes halogenated alkanes) is 1. The number of nitrogens with two attached hydrogens (primary N) is 1. The van der Waals surface area contributed by atoms with Gasteiger partial charge in [-0.3, -0.25) is 0 Å². The van der Waals surface area contributed by atoms with Gasteiger partial charge in [0.25, 0.3) is 0 Å². The SMILES string of the molecule is CCCCc1nc2c(N)nc(NCCCN(C)CC(C)(C)C)nc2n1CC(C)(C)O. The Balaban J connectivity index is 2.15. The fourth-order valence-electron chi connectivity index (χ4n) is 3.66. The van der Waals surface area contributed by atoms with E-state index >= 15 is 0 Å². The summed E-state index contributed by atoms with van der Waals surface area (Å²) in [4.78, 5) is 16.2. The highest BCUT2D eigenvalue weighted by Gasteiger charge is 2.22. The average Bonchev–Trinajstić information content (AvgIpc) is 2.92. The topological polar surface area (TPSA) is 105 Å². The van der Waals surface area contributed by atoms with E-state index in [0.29, 0.717) is 34.9 Å². The van der Waals surface area contributed by atoms with Crippen LogP contribution in [0.25, 0.3) is 11.2 Å². The van der Waals surface area contributed by atoms with Crippen molar-refractivity contribution in [2.75, 3.05) is 37.7 Å². The number of nitrogen functional groups attached to an aromatic ring is 1. The number of nitrogens with one attached hydrogen (secondary N) is 1. The lowest BCUT2D eigenvalue weighted by molar-refractivity contribution is 0.0616. The predicted octanol–water partition coefficient (Wildman–Crippen LogP) is 3.30. The van der Waals surface area contributed by atoms with Gasteiger partial charge in [0.1, 0.15) is 5.82 Å². The largest absolute Gasteiger partial charge is 0.389 e. The molecule has 0 atom stereocenters.